The molecule has 0 aromatic heterocycles. The molecule has 0 amide bonds. The van der Waals surface area contributed by atoms with Crippen LogP contribution in [0.2, 0.25) is 0 Å². The number of ether oxygens (including phenoxy) is 1. The summed E-state index contributed by atoms with van der Waals surface area (Å²) >= 11 is 0. The van der Waals surface area contributed by atoms with Crippen LogP contribution in [-0.2, 0) is 9.53 Å². The third kappa shape index (κ3) is 2.80. The SMILES string of the molecule is CCOC(=O)C(CN)NC. The number of carbonyl (C=O) groups is 1. The van der Waals surface area contributed by atoms with Gasteiger partial charge in [-0.05, 0) is 14.0 Å². The number of carbonyl (C=O) groups excluding carboxylic acids is 1. The Morgan fingerprint density at radius 3 is 2.70 bits per heavy atom. The van der Waals surface area contributed by atoms with Crippen molar-refractivity contribution in [3.05, 3.63) is 0 Å². The zero-order valence-electron chi connectivity index (χ0n) is 6.39. The van der Waals surface area contributed by atoms with Crippen molar-refractivity contribution < 1.29 is 9.53 Å². The van der Waals surface area contributed by atoms with Crippen molar-refractivity contribution in [3.63, 3.8) is 0 Å². The Hall–Kier alpha value is -0.610. The molecule has 0 aliphatic heterocycles. The van der Waals surface area contributed by atoms with Crippen LogP contribution in [-0.4, -0.2) is 32.2 Å². The summed E-state index contributed by atoms with van der Waals surface area (Å²) in [5.41, 5.74) is 5.25. The van der Waals surface area contributed by atoms with Gasteiger partial charge in [-0.25, -0.2) is 0 Å². The van der Waals surface area contributed by atoms with Gasteiger partial charge in [0, 0.05) is 6.54 Å². The third-order valence-corrected chi connectivity index (χ3v) is 1.16. The molecule has 0 aromatic carbocycles. The number of hydrogen-bond donors (Lipinski definition) is 2. The lowest BCUT2D eigenvalue weighted by molar-refractivity contribution is -0.145. The molecule has 0 saturated carbocycles. The lowest BCUT2D eigenvalue weighted by atomic mass is 10.3. The highest BCUT2D eigenvalue weighted by molar-refractivity contribution is 5.75. The van der Waals surface area contributed by atoms with Gasteiger partial charge in [0.2, 0.25) is 0 Å². The zero-order valence-corrected chi connectivity index (χ0v) is 6.39. The van der Waals surface area contributed by atoms with Crippen LogP contribution in [0.4, 0.5) is 0 Å². The summed E-state index contributed by atoms with van der Waals surface area (Å²) in [6.07, 6.45) is 0. The van der Waals surface area contributed by atoms with E-state index in [-0.39, 0.29) is 18.6 Å². The van der Waals surface area contributed by atoms with Crippen LogP contribution < -0.4 is 11.1 Å². The van der Waals surface area contributed by atoms with Crippen LogP contribution in [0.1, 0.15) is 6.92 Å². The smallest absolute Gasteiger partial charge is 0.324 e. The summed E-state index contributed by atoms with van der Waals surface area (Å²) < 4.78 is 4.70. The Morgan fingerprint density at radius 2 is 2.40 bits per heavy atom. The number of likely N-dealkylation sites (N-methyl/N-ethyl adjacent to an activating group) is 1. The average Bonchev–Trinajstić information content (AvgIpc) is 1.91. The fourth-order valence-electron chi connectivity index (χ4n) is 0.575. The highest BCUT2D eigenvalue weighted by atomic mass is 16.5. The number of esters is 1. The second-order valence-corrected chi connectivity index (χ2v) is 1.83. The number of rotatable bonds is 4. The largest absolute Gasteiger partial charge is 0.465 e. The molecule has 0 radical (unpaired) electrons. The van der Waals surface area contributed by atoms with E-state index in [1.807, 2.05) is 0 Å². The molecule has 0 heterocycles. The molecular weight excluding hydrogens is 132 g/mol. The predicted molar refractivity (Wildman–Crippen MR) is 38.5 cm³/mol. The van der Waals surface area contributed by atoms with E-state index in [9.17, 15) is 4.79 Å². The molecular formula is C6H14N2O2. The minimum Gasteiger partial charge on any atom is -0.465 e. The highest BCUT2D eigenvalue weighted by Gasteiger charge is 2.14. The van der Waals surface area contributed by atoms with E-state index in [0.29, 0.717) is 6.61 Å². The molecule has 0 aliphatic rings. The second kappa shape index (κ2) is 5.20. The van der Waals surface area contributed by atoms with Gasteiger partial charge in [-0.2, -0.15) is 0 Å². The quantitative estimate of drug-likeness (QED) is 0.504. The molecule has 4 heteroatoms. The molecule has 0 rings (SSSR count). The van der Waals surface area contributed by atoms with E-state index in [4.69, 9.17) is 10.5 Å². The Balaban J connectivity index is 3.65. The van der Waals surface area contributed by atoms with Crippen molar-refractivity contribution in [2.45, 2.75) is 13.0 Å². The van der Waals surface area contributed by atoms with Crippen LogP contribution in [0, 0.1) is 0 Å². The normalized spacial score (nSPS) is 12.7. The summed E-state index contributed by atoms with van der Waals surface area (Å²) in [7, 11) is 1.68. The minimum absolute atomic E-state index is 0.273. The first-order valence-electron chi connectivity index (χ1n) is 3.30. The molecule has 0 aromatic rings. The van der Waals surface area contributed by atoms with Gasteiger partial charge in [0.25, 0.3) is 0 Å². The molecule has 0 aliphatic carbocycles. The van der Waals surface area contributed by atoms with E-state index in [1.165, 1.54) is 0 Å². The molecule has 0 spiro atoms. The van der Waals surface area contributed by atoms with E-state index >= 15 is 0 Å². The van der Waals surface area contributed by atoms with Gasteiger partial charge < -0.3 is 15.8 Å². The van der Waals surface area contributed by atoms with E-state index < -0.39 is 0 Å². The van der Waals surface area contributed by atoms with Crippen LogP contribution in [0.5, 0.6) is 0 Å². The van der Waals surface area contributed by atoms with Crippen LogP contribution in [0.3, 0.4) is 0 Å². The van der Waals surface area contributed by atoms with Crippen LogP contribution in [0.25, 0.3) is 0 Å². The molecule has 10 heavy (non-hydrogen) atoms. The van der Waals surface area contributed by atoms with Gasteiger partial charge in [0.15, 0.2) is 0 Å². The number of nitrogens with one attached hydrogen (secondary N) is 1. The van der Waals surface area contributed by atoms with Crippen molar-refractivity contribution in [2.75, 3.05) is 20.2 Å². The zero-order chi connectivity index (χ0) is 7.98. The second-order valence-electron chi connectivity index (χ2n) is 1.83. The molecule has 1 atom stereocenters. The van der Waals surface area contributed by atoms with Gasteiger partial charge in [0.1, 0.15) is 6.04 Å². The van der Waals surface area contributed by atoms with E-state index in [1.54, 1.807) is 14.0 Å². The maximum Gasteiger partial charge on any atom is 0.324 e. The van der Waals surface area contributed by atoms with Gasteiger partial charge in [-0.3, -0.25) is 4.79 Å². The van der Waals surface area contributed by atoms with Crippen molar-refractivity contribution >= 4 is 5.97 Å². The fraction of sp³-hybridized carbons (Fsp3) is 0.833. The van der Waals surface area contributed by atoms with Crippen molar-refractivity contribution in [1.29, 1.82) is 0 Å². The van der Waals surface area contributed by atoms with Gasteiger partial charge >= 0.3 is 5.97 Å². The average molecular weight is 146 g/mol. The monoisotopic (exact) mass is 146 g/mol. The van der Waals surface area contributed by atoms with Crippen molar-refractivity contribution in [1.82, 2.24) is 5.32 Å². The predicted octanol–water partition coefficient (Wildman–Crippen LogP) is -0.904. The van der Waals surface area contributed by atoms with Gasteiger partial charge in [-0.15, -0.1) is 0 Å². The first-order valence-corrected chi connectivity index (χ1v) is 3.30. The molecule has 0 saturated heterocycles. The van der Waals surface area contributed by atoms with Crippen LogP contribution >= 0.6 is 0 Å². The number of nitrogens with two attached hydrogens (primary N) is 1. The van der Waals surface area contributed by atoms with E-state index in [2.05, 4.69) is 5.32 Å². The highest BCUT2D eigenvalue weighted by Crippen LogP contribution is 1.84. The minimum atomic E-state index is -0.361. The fourth-order valence-corrected chi connectivity index (χ4v) is 0.575. The number of hydrogen-bond acceptors (Lipinski definition) is 4. The summed E-state index contributed by atoms with van der Waals surface area (Å²) in [4.78, 5) is 10.8. The summed E-state index contributed by atoms with van der Waals surface area (Å²) in [5, 5.41) is 2.74. The molecule has 0 fully saturated rings. The molecule has 60 valence electrons. The van der Waals surface area contributed by atoms with Gasteiger partial charge in [0.05, 0.1) is 6.61 Å². The Labute approximate surface area is 60.7 Å². The van der Waals surface area contributed by atoms with Gasteiger partial charge in [-0.1, -0.05) is 0 Å². The first kappa shape index (κ1) is 9.39. The van der Waals surface area contributed by atoms with Crippen LogP contribution in [0.15, 0.2) is 0 Å². The third-order valence-electron chi connectivity index (χ3n) is 1.16. The maximum atomic E-state index is 10.8. The lowest BCUT2D eigenvalue weighted by Gasteiger charge is -2.10. The molecule has 0 bridgehead atoms. The molecule has 1 unspecified atom stereocenters. The Morgan fingerprint density at radius 1 is 1.80 bits per heavy atom. The summed E-state index contributed by atoms with van der Waals surface area (Å²) in [6.45, 7) is 2.44. The van der Waals surface area contributed by atoms with E-state index in [0.717, 1.165) is 0 Å². The standard InChI is InChI=1S/C6H14N2O2/c1-3-10-6(9)5(4-7)8-2/h5,8H,3-4,7H2,1-2H3. The maximum absolute atomic E-state index is 10.8. The van der Waals surface area contributed by atoms with Crippen molar-refractivity contribution in [2.24, 2.45) is 5.73 Å². The van der Waals surface area contributed by atoms with Crippen molar-refractivity contribution in [3.8, 4) is 0 Å². The Bertz CT molecular complexity index is 102. The summed E-state index contributed by atoms with van der Waals surface area (Å²) in [6, 6.07) is -0.361. The first-order chi connectivity index (χ1) is 4.76. The summed E-state index contributed by atoms with van der Waals surface area (Å²) in [5.74, 6) is -0.285. The topological polar surface area (TPSA) is 64.3 Å². The Kier molecular flexibility index (Phi) is 4.88. The molecule has 3 N–H and O–H groups in total. The lowest BCUT2D eigenvalue weighted by Crippen LogP contribution is -2.41. The molecule has 4 nitrogen and oxygen atoms in total.